The zero-order chi connectivity index (χ0) is 18.8. The average Bonchev–Trinajstić information content (AvgIpc) is 2.50. The van der Waals surface area contributed by atoms with E-state index in [0.717, 1.165) is 12.1 Å². The summed E-state index contributed by atoms with van der Waals surface area (Å²) in [6.07, 6.45) is -0.391. The molecular formula is C19H20F2O3S. The largest absolute Gasteiger partial charge is 0.294 e. The molecule has 6 heteroatoms. The number of Topliss-reactive ketones (excluding diaryl/α,β-unsaturated/α-hetero) is 1. The normalized spacial score (nSPS) is 12.2. The summed E-state index contributed by atoms with van der Waals surface area (Å²) in [7, 11) is -3.33. The summed E-state index contributed by atoms with van der Waals surface area (Å²) in [5.41, 5.74) is 0.565. The van der Waals surface area contributed by atoms with Crippen LogP contribution in [-0.2, 0) is 22.0 Å². The molecule has 0 spiro atoms. The van der Waals surface area contributed by atoms with E-state index in [1.165, 1.54) is 18.2 Å². The van der Waals surface area contributed by atoms with Crippen molar-refractivity contribution in [3.05, 3.63) is 70.8 Å². The third kappa shape index (κ3) is 4.51. The van der Waals surface area contributed by atoms with Crippen molar-refractivity contribution in [2.45, 2.75) is 37.7 Å². The van der Waals surface area contributed by atoms with Crippen LogP contribution < -0.4 is 0 Å². The van der Waals surface area contributed by atoms with Crippen LogP contribution in [0.25, 0.3) is 0 Å². The molecule has 0 bridgehead atoms. The Morgan fingerprint density at radius 2 is 1.48 bits per heavy atom. The highest BCUT2D eigenvalue weighted by molar-refractivity contribution is 7.91. The predicted molar refractivity (Wildman–Crippen MR) is 93.2 cm³/mol. The molecule has 0 aliphatic carbocycles. The Morgan fingerprint density at radius 3 is 1.96 bits per heavy atom. The summed E-state index contributed by atoms with van der Waals surface area (Å²) in [5, 5.41) is 0. The van der Waals surface area contributed by atoms with Gasteiger partial charge in [-0.15, -0.1) is 0 Å². The predicted octanol–water partition coefficient (Wildman–Crippen LogP) is 4.10. The molecule has 25 heavy (non-hydrogen) atoms. The summed E-state index contributed by atoms with van der Waals surface area (Å²) >= 11 is 0. The molecule has 3 nitrogen and oxygen atoms in total. The van der Waals surface area contributed by atoms with Crippen LogP contribution in [0, 0.1) is 11.6 Å². The monoisotopic (exact) mass is 366 g/mol. The molecule has 0 aromatic heterocycles. The fourth-order valence-corrected chi connectivity index (χ4v) is 3.25. The fourth-order valence-electron chi connectivity index (χ4n) is 2.19. The summed E-state index contributed by atoms with van der Waals surface area (Å²) in [6.45, 7) is 4.88. The number of carbonyl (C=O) groups excluding carboxylic acids is 1. The zero-order valence-electron chi connectivity index (χ0n) is 14.3. The third-order valence-electron chi connectivity index (χ3n) is 3.96. The van der Waals surface area contributed by atoms with E-state index in [9.17, 15) is 22.0 Å². The van der Waals surface area contributed by atoms with E-state index in [1.54, 1.807) is 32.9 Å². The molecule has 0 N–H and O–H groups in total. The zero-order valence-corrected chi connectivity index (χ0v) is 15.2. The molecule has 0 fully saturated rings. The number of benzene rings is 2. The van der Waals surface area contributed by atoms with E-state index in [-0.39, 0.29) is 16.9 Å². The van der Waals surface area contributed by atoms with Gasteiger partial charge in [0.05, 0.1) is 10.5 Å². The van der Waals surface area contributed by atoms with Gasteiger partial charge in [0, 0.05) is 17.5 Å². The Labute approximate surface area is 146 Å². The molecule has 2 aromatic carbocycles. The van der Waals surface area contributed by atoms with Crippen molar-refractivity contribution in [3.63, 3.8) is 0 Å². The van der Waals surface area contributed by atoms with Gasteiger partial charge in [0.25, 0.3) is 0 Å². The summed E-state index contributed by atoms with van der Waals surface area (Å²) in [4.78, 5) is 12.2. The fraction of sp³-hybridized carbons (Fsp3) is 0.316. The molecule has 0 aliphatic rings. The van der Waals surface area contributed by atoms with Crippen LogP contribution in [0.3, 0.4) is 0 Å². The Balaban J connectivity index is 2.16. The van der Waals surface area contributed by atoms with Crippen LogP contribution in [0.4, 0.5) is 8.78 Å². The first-order valence-electron chi connectivity index (χ1n) is 7.78. The number of hydrogen-bond acceptors (Lipinski definition) is 3. The second-order valence-corrected chi connectivity index (χ2v) is 9.61. The molecule has 0 heterocycles. The van der Waals surface area contributed by atoms with Crippen molar-refractivity contribution in [1.82, 2.24) is 0 Å². The number of carbonyl (C=O) groups is 1. The van der Waals surface area contributed by atoms with E-state index in [4.69, 9.17) is 0 Å². The highest BCUT2D eigenvalue weighted by Crippen LogP contribution is 2.21. The van der Waals surface area contributed by atoms with E-state index in [2.05, 4.69) is 0 Å². The molecule has 2 aromatic rings. The van der Waals surface area contributed by atoms with Crippen LogP contribution in [0.1, 0.15) is 42.3 Å². The van der Waals surface area contributed by atoms with E-state index in [1.807, 2.05) is 0 Å². The smallest absolute Gasteiger partial charge is 0.167 e. The third-order valence-corrected chi connectivity index (χ3v) is 6.54. The maximum atomic E-state index is 13.6. The number of sulfone groups is 1. The molecule has 2 rings (SSSR count). The Kier molecular flexibility index (Phi) is 5.42. The van der Waals surface area contributed by atoms with Crippen molar-refractivity contribution >= 4 is 15.6 Å². The van der Waals surface area contributed by atoms with E-state index < -0.39 is 38.4 Å². The first kappa shape index (κ1) is 19.2. The quantitative estimate of drug-likeness (QED) is 0.749. The number of rotatable bonds is 5. The first-order chi connectivity index (χ1) is 11.5. The minimum absolute atomic E-state index is 0.132. The maximum Gasteiger partial charge on any atom is 0.167 e. The van der Waals surface area contributed by atoms with Gasteiger partial charge in [-0.05, 0) is 38.5 Å². The second-order valence-electron chi connectivity index (χ2n) is 6.87. The number of hydrogen-bond donors (Lipinski definition) is 0. The van der Waals surface area contributed by atoms with Crippen LogP contribution in [0.2, 0.25) is 0 Å². The Bertz CT molecular complexity index is 860. The topological polar surface area (TPSA) is 51.2 Å². The van der Waals surface area contributed by atoms with Crippen molar-refractivity contribution < 1.29 is 22.0 Å². The van der Waals surface area contributed by atoms with Crippen molar-refractivity contribution in [1.29, 1.82) is 0 Å². The summed E-state index contributed by atoms with van der Waals surface area (Å²) in [5.74, 6) is -2.09. The highest BCUT2D eigenvalue weighted by atomic mass is 32.2. The summed E-state index contributed by atoms with van der Waals surface area (Å²) in [6, 6.07) is 9.51. The molecule has 0 aliphatic heterocycles. The van der Waals surface area contributed by atoms with Crippen molar-refractivity contribution in [2.75, 3.05) is 0 Å². The molecular weight excluding hydrogens is 346 g/mol. The van der Waals surface area contributed by atoms with Crippen molar-refractivity contribution in [2.24, 2.45) is 0 Å². The van der Waals surface area contributed by atoms with E-state index >= 15 is 0 Å². The number of halogens is 2. The Hall–Kier alpha value is -2.08. The van der Waals surface area contributed by atoms with Gasteiger partial charge in [-0.25, -0.2) is 17.2 Å². The number of ketones is 1. The van der Waals surface area contributed by atoms with Gasteiger partial charge in [0.1, 0.15) is 11.6 Å². The lowest BCUT2D eigenvalue weighted by molar-refractivity contribution is 0.0990. The lowest BCUT2D eigenvalue weighted by atomic mass is 10.0. The molecule has 0 saturated heterocycles. The molecule has 0 atom stereocenters. The van der Waals surface area contributed by atoms with Gasteiger partial charge >= 0.3 is 0 Å². The minimum Gasteiger partial charge on any atom is -0.294 e. The molecule has 0 radical (unpaired) electrons. The lowest BCUT2D eigenvalue weighted by Gasteiger charge is -2.19. The molecule has 0 amide bonds. The van der Waals surface area contributed by atoms with Gasteiger partial charge in [0.2, 0.25) is 0 Å². The van der Waals surface area contributed by atoms with Crippen LogP contribution >= 0.6 is 0 Å². The van der Waals surface area contributed by atoms with Gasteiger partial charge in [-0.3, -0.25) is 4.79 Å². The van der Waals surface area contributed by atoms with Crippen LogP contribution in [0.5, 0.6) is 0 Å². The van der Waals surface area contributed by atoms with Gasteiger partial charge < -0.3 is 0 Å². The molecule has 134 valence electrons. The first-order valence-corrected chi connectivity index (χ1v) is 9.44. The summed E-state index contributed by atoms with van der Waals surface area (Å²) < 4.78 is 50.8. The van der Waals surface area contributed by atoms with Gasteiger partial charge in [0.15, 0.2) is 15.6 Å². The molecule has 0 saturated carbocycles. The lowest BCUT2D eigenvalue weighted by Crippen LogP contribution is -2.29. The Morgan fingerprint density at radius 1 is 0.960 bits per heavy atom. The minimum atomic E-state index is -3.33. The van der Waals surface area contributed by atoms with Crippen LogP contribution in [0.15, 0.2) is 42.5 Å². The van der Waals surface area contributed by atoms with Gasteiger partial charge in [-0.1, -0.05) is 30.3 Å². The maximum absolute atomic E-state index is 13.6. The molecule has 0 unspecified atom stereocenters. The SMILES string of the molecule is CC(C)(C)S(=O)(=O)Cc1ccc(C(=O)Cc2c(F)cccc2F)cc1. The van der Waals surface area contributed by atoms with Gasteiger partial charge in [-0.2, -0.15) is 0 Å². The average molecular weight is 366 g/mol. The standard InChI is InChI=1S/C19H20F2O3S/c1-19(2,3)25(23,24)12-13-7-9-14(10-8-13)18(22)11-15-16(20)5-4-6-17(15)21/h4-10H,11-12H2,1-3H3. The highest BCUT2D eigenvalue weighted by Gasteiger charge is 2.29. The second kappa shape index (κ2) is 7.04. The van der Waals surface area contributed by atoms with E-state index in [0.29, 0.717) is 5.56 Å². The van der Waals surface area contributed by atoms with Crippen LogP contribution in [-0.4, -0.2) is 18.9 Å². The van der Waals surface area contributed by atoms with Crippen molar-refractivity contribution in [3.8, 4) is 0 Å².